The summed E-state index contributed by atoms with van der Waals surface area (Å²) in [5.41, 5.74) is 5.12. The first-order valence-corrected chi connectivity index (χ1v) is 17.8. The van der Waals surface area contributed by atoms with E-state index < -0.39 is 28.7 Å². The molecule has 0 heterocycles. The first kappa shape index (κ1) is 37.5. The molecule has 3 N–H and O–H groups in total. The van der Waals surface area contributed by atoms with Gasteiger partial charge in [0.1, 0.15) is 12.1 Å². The number of benzene rings is 4. The number of amides is 2. The van der Waals surface area contributed by atoms with E-state index in [2.05, 4.69) is 58.2 Å². The molecule has 0 unspecified atom stereocenters. The van der Waals surface area contributed by atoms with Crippen LogP contribution in [0.3, 0.4) is 0 Å². The summed E-state index contributed by atoms with van der Waals surface area (Å²) in [6.45, 7) is 16.3. The highest BCUT2D eigenvalue weighted by Gasteiger charge is 2.39. The maximum atomic E-state index is 13.9. The number of carbonyl (C=O) groups excluding carboxylic acids is 2. The highest BCUT2D eigenvalue weighted by Crippen LogP contribution is 2.48. The van der Waals surface area contributed by atoms with Gasteiger partial charge in [0, 0.05) is 11.3 Å². The summed E-state index contributed by atoms with van der Waals surface area (Å²) in [7, 11) is 0. The second kappa shape index (κ2) is 15.5. The SMILES string of the molecule is CC(C)[C@H](NC(=O)c1cc(C(C)(C)C)cc(C(C)(C)C)c1)C(=O)N[C@@H](CSC(c1ccccc1)(c1ccccc1)c1ccccc1)C(=O)O. The van der Waals surface area contributed by atoms with E-state index in [0.717, 1.165) is 27.8 Å². The lowest BCUT2D eigenvalue weighted by Crippen LogP contribution is -2.54. The van der Waals surface area contributed by atoms with Crippen molar-refractivity contribution in [1.29, 1.82) is 0 Å². The van der Waals surface area contributed by atoms with Gasteiger partial charge in [0.05, 0.1) is 4.75 Å². The molecule has 2 atom stereocenters. The Hall–Kier alpha value is -4.36. The molecule has 7 heteroatoms. The number of carboxylic acids is 1. The molecular weight excluding hydrogens is 629 g/mol. The Kier molecular flexibility index (Phi) is 11.8. The smallest absolute Gasteiger partial charge is 0.327 e. The lowest BCUT2D eigenvalue weighted by Gasteiger charge is -2.36. The van der Waals surface area contributed by atoms with E-state index in [1.165, 1.54) is 11.8 Å². The second-order valence-electron chi connectivity index (χ2n) is 15.0. The van der Waals surface area contributed by atoms with E-state index in [1.54, 1.807) is 0 Å². The normalized spacial score (nSPS) is 13.4. The van der Waals surface area contributed by atoms with Crippen LogP contribution in [0.25, 0.3) is 0 Å². The molecule has 258 valence electrons. The lowest BCUT2D eigenvalue weighted by molar-refractivity contribution is -0.141. The summed E-state index contributed by atoms with van der Waals surface area (Å²) < 4.78 is -0.753. The van der Waals surface area contributed by atoms with Crippen molar-refractivity contribution in [3.63, 3.8) is 0 Å². The predicted molar refractivity (Wildman–Crippen MR) is 201 cm³/mol. The summed E-state index contributed by atoms with van der Waals surface area (Å²) in [6.07, 6.45) is 0. The van der Waals surface area contributed by atoms with Crippen molar-refractivity contribution in [3.8, 4) is 0 Å². The number of carbonyl (C=O) groups is 3. The Morgan fingerprint density at radius 3 is 1.39 bits per heavy atom. The molecule has 4 rings (SSSR count). The zero-order valence-electron chi connectivity index (χ0n) is 29.9. The predicted octanol–water partition coefficient (Wildman–Crippen LogP) is 8.33. The van der Waals surface area contributed by atoms with Crippen LogP contribution in [0.2, 0.25) is 0 Å². The Bertz CT molecular complexity index is 1600. The Balaban J connectivity index is 1.64. The third kappa shape index (κ3) is 9.01. The van der Waals surface area contributed by atoms with E-state index in [4.69, 9.17) is 0 Å². The molecule has 4 aromatic rings. The third-order valence-corrected chi connectivity index (χ3v) is 10.4. The van der Waals surface area contributed by atoms with Gasteiger partial charge in [0.25, 0.3) is 5.91 Å². The number of aliphatic carboxylic acids is 1. The van der Waals surface area contributed by atoms with Crippen molar-refractivity contribution in [2.75, 3.05) is 5.75 Å². The number of hydrogen-bond acceptors (Lipinski definition) is 4. The highest BCUT2D eigenvalue weighted by molar-refractivity contribution is 8.00. The molecule has 0 fully saturated rings. The molecule has 49 heavy (non-hydrogen) atoms. The molecule has 0 aliphatic carbocycles. The van der Waals surface area contributed by atoms with Crippen molar-refractivity contribution in [2.24, 2.45) is 5.92 Å². The average molecular weight is 679 g/mol. The molecule has 0 aromatic heterocycles. The highest BCUT2D eigenvalue weighted by atomic mass is 32.2. The summed E-state index contributed by atoms with van der Waals surface area (Å²) in [5, 5.41) is 16.1. The molecular formula is C42H50N2O4S. The summed E-state index contributed by atoms with van der Waals surface area (Å²) in [6, 6.07) is 33.7. The van der Waals surface area contributed by atoms with Gasteiger partial charge in [-0.15, -0.1) is 11.8 Å². The monoisotopic (exact) mass is 678 g/mol. The van der Waals surface area contributed by atoms with Crippen LogP contribution in [0.15, 0.2) is 109 Å². The Morgan fingerprint density at radius 1 is 0.633 bits per heavy atom. The van der Waals surface area contributed by atoms with Crippen molar-refractivity contribution >= 4 is 29.5 Å². The Labute approximate surface area is 296 Å². The van der Waals surface area contributed by atoms with Gasteiger partial charge < -0.3 is 15.7 Å². The first-order chi connectivity index (χ1) is 23.0. The van der Waals surface area contributed by atoms with Crippen LogP contribution in [-0.2, 0) is 25.2 Å². The van der Waals surface area contributed by atoms with E-state index in [9.17, 15) is 19.5 Å². The fraction of sp³-hybridized carbons (Fsp3) is 0.357. The zero-order chi connectivity index (χ0) is 36.0. The van der Waals surface area contributed by atoms with Crippen molar-refractivity contribution in [1.82, 2.24) is 10.6 Å². The maximum absolute atomic E-state index is 13.9. The van der Waals surface area contributed by atoms with Gasteiger partial charge >= 0.3 is 5.97 Å². The minimum Gasteiger partial charge on any atom is -0.480 e. The molecule has 0 spiro atoms. The summed E-state index contributed by atoms with van der Waals surface area (Å²) in [4.78, 5) is 40.4. The molecule has 2 amide bonds. The van der Waals surface area contributed by atoms with E-state index in [1.807, 2.05) is 117 Å². The summed E-state index contributed by atoms with van der Waals surface area (Å²) >= 11 is 1.46. The molecule has 0 saturated heterocycles. The Morgan fingerprint density at radius 2 is 1.04 bits per heavy atom. The van der Waals surface area contributed by atoms with Crippen LogP contribution in [0, 0.1) is 5.92 Å². The van der Waals surface area contributed by atoms with Crippen molar-refractivity contribution < 1.29 is 19.5 Å². The van der Waals surface area contributed by atoms with Gasteiger partial charge in [-0.25, -0.2) is 4.79 Å². The van der Waals surface area contributed by atoms with Crippen LogP contribution in [0.1, 0.15) is 93.6 Å². The maximum Gasteiger partial charge on any atom is 0.327 e. The lowest BCUT2D eigenvalue weighted by atomic mass is 9.79. The fourth-order valence-electron chi connectivity index (χ4n) is 5.80. The van der Waals surface area contributed by atoms with E-state index >= 15 is 0 Å². The minimum absolute atomic E-state index is 0.0705. The third-order valence-electron chi connectivity index (χ3n) is 8.79. The number of thioether (sulfide) groups is 1. The summed E-state index contributed by atoms with van der Waals surface area (Å²) in [5.74, 6) is -2.28. The van der Waals surface area contributed by atoms with Crippen molar-refractivity contribution in [3.05, 3.63) is 143 Å². The van der Waals surface area contributed by atoms with Gasteiger partial charge in [0.2, 0.25) is 5.91 Å². The number of nitrogens with one attached hydrogen (secondary N) is 2. The van der Waals surface area contributed by atoms with Crippen LogP contribution in [0.5, 0.6) is 0 Å². The number of rotatable bonds is 12. The van der Waals surface area contributed by atoms with Gasteiger partial charge in [-0.3, -0.25) is 9.59 Å². The van der Waals surface area contributed by atoms with E-state index in [0.29, 0.717) is 5.56 Å². The van der Waals surface area contributed by atoms with Gasteiger partial charge in [-0.1, -0.05) is 152 Å². The largest absolute Gasteiger partial charge is 0.480 e. The van der Waals surface area contributed by atoms with Gasteiger partial charge in [-0.05, 0) is 56.7 Å². The number of carboxylic acid groups (broad SMARTS) is 1. The first-order valence-electron chi connectivity index (χ1n) is 16.8. The quantitative estimate of drug-likeness (QED) is 0.131. The molecule has 6 nitrogen and oxygen atoms in total. The molecule has 0 radical (unpaired) electrons. The molecule has 0 saturated carbocycles. The number of hydrogen-bond donors (Lipinski definition) is 3. The van der Waals surface area contributed by atoms with Gasteiger partial charge in [0.15, 0.2) is 0 Å². The van der Waals surface area contributed by atoms with Crippen LogP contribution in [-0.4, -0.2) is 40.7 Å². The molecule has 0 bridgehead atoms. The van der Waals surface area contributed by atoms with E-state index in [-0.39, 0.29) is 28.4 Å². The van der Waals surface area contributed by atoms with Crippen molar-refractivity contribution in [2.45, 2.75) is 83.1 Å². The van der Waals surface area contributed by atoms with Crippen LogP contribution >= 0.6 is 11.8 Å². The van der Waals surface area contributed by atoms with Crippen LogP contribution < -0.4 is 10.6 Å². The molecule has 0 aliphatic rings. The zero-order valence-corrected chi connectivity index (χ0v) is 30.7. The second-order valence-corrected chi connectivity index (χ2v) is 16.2. The average Bonchev–Trinajstić information content (AvgIpc) is 3.07. The van der Waals surface area contributed by atoms with Gasteiger partial charge in [-0.2, -0.15) is 0 Å². The topological polar surface area (TPSA) is 95.5 Å². The van der Waals surface area contributed by atoms with Crippen LogP contribution in [0.4, 0.5) is 0 Å². The fourth-order valence-corrected chi connectivity index (χ4v) is 7.35. The molecule has 4 aromatic carbocycles. The minimum atomic E-state index is -1.22. The standard InChI is InChI=1S/C42H50N2O4S/c1-28(2)36(44-37(45)29-24-33(40(3,4)5)26-34(25-29)41(6,7)8)38(46)43-35(39(47)48)27-49-42(30-18-12-9-13-19-30,31-20-14-10-15-21-31)32-22-16-11-17-23-32/h9-26,28,35-36H,27H2,1-8H3,(H,43,46)(H,44,45)(H,47,48)/t35-,36-/m0/s1. The molecule has 0 aliphatic heterocycles.